The van der Waals surface area contributed by atoms with Gasteiger partial charge >= 0.3 is 0 Å². The Balaban J connectivity index is 1.32. The smallest absolute Gasteiger partial charge is 0.227 e. The van der Waals surface area contributed by atoms with Gasteiger partial charge in [0, 0.05) is 62.9 Å². The van der Waals surface area contributed by atoms with Crippen molar-refractivity contribution >= 4 is 23.1 Å². The zero-order valence-corrected chi connectivity index (χ0v) is 18.0. The SMILES string of the molecule is CN(C)c1ccc(-c2ccnc(Nc3ccc(N4C[C@@H]5C[C@H]4CN5C)c(F)c3)n2)cn1. The van der Waals surface area contributed by atoms with Crippen LogP contribution in [-0.4, -0.2) is 66.2 Å². The molecule has 7 nitrogen and oxygen atoms in total. The van der Waals surface area contributed by atoms with Crippen LogP contribution in [0.4, 0.5) is 27.5 Å². The van der Waals surface area contributed by atoms with Gasteiger partial charge in [-0.2, -0.15) is 0 Å². The van der Waals surface area contributed by atoms with Gasteiger partial charge in [0.25, 0.3) is 0 Å². The summed E-state index contributed by atoms with van der Waals surface area (Å²) in [7, 11) is 6.05. The summed E-state index contributed by atoms with van der Waals surface area (Å²) in [6, 6.07) is 11.9. The molecule has 31 heavy (non-hydrogen) atoms. The summed E-state index contributed by atoms with van der Waals surface area (Å²) in [5.74, 6) is 1.08. The van der Waals surface area contributed by atoms with E-state index in [4.69, 9.17) is 0 Å². The third-order valence-electron chi connectivity index (χ3n) is 6.19. The first-order valence-corrected chi connectivity index (χ1v) is 10.5. The monoisotopic (exact) mass is 419 g/mol. The molecule has 8 heteroatoms. The highest BCUT2D eigenvalue weighted by Crippen LogP contribution is 2.35. The van der Waals surface area contributed by atoms with E-state index in [1.54, 1.807) is 12.4 Å². The normalized spacial score (nSPS) is 20.3. The Morgan fingerprint density at radius 3 is 2.58 bits per heavy atom. The second kappa shape index (κ2) is 7.77. The number of hydrogen-bond acceptors (Lipinski definition) is 7. The van der Waals surface area contributed by atoms with E-state index in [0.29, 0.717) is 29.4 Å². The van der Waals surface area contributed by atoms with Gasteiger partial charge in [-0.1, -0.05) is 0 Å². The van der Waals surface area contributed by atoms with Crippen molar-refractivity contribution in [3.05, 3.63) is 54.6 Å². The van der Waals surface area contributed by atoms with Crippen LogP contribution >= 0.6 is 0 Å². The lowest BCUT2D eigenvalue weighted by atomic mass is 10.2. The highest BCUT2D eigenvalue weighted by atomic mass is 19.1. The van der Waals surface area contributed by atoms with Crippen LogP contribution in [0.3, 0.4) is 0 Å². The molecule has 0 saturated carbocycles. The lowest BCUT2D eigenvalue weighted by molar-refractivity contribution is 0.292. The van der Waals surface area contributed by atoms with Crippen molar-refractivity contribution in [1.29, 1.82) is 0 Å². The summed E-state index contributed by atoms with van der Waals surface area (Å²) < 4.78 is 14.9. The summed E-state index contributed by atoms with van der Waals surface area (Å²) in [4.78, 5) is 19.8. The number of likely N-dealkylation sites (N-methyl/N-ethyl adjacent to an activating group) is 1. The molecule has 0 unspecified atom stereocenters. The minimum atomic E-state index is -0.222. The molecular formula is C23H26FN7. The number of anilines is 4. The number of hydrogen-bond donors (Lipinski definition) is 1. The van der Waals surface area contributed by atoms with Crippen LogP contribution in [0.15, 0.2) is 48.8 Å². The molecule has 160 valence electrons. The van der Waals surface area contributed by atoms with Crippen molar-refractivity contribution in [2.45, 2.75) is 18.5 Å². The molecule has 2 fully saturated rings. The van der Waals surface area contributed by atoms with Gasteiger partial charge in [-0.25, -0.2) is 19.3 Å². The predicted molar refractivity (Wildman–Crippen MR) is 121 cm³/mol. The van der Waals surface area contributed by atoms with Gasteiger partial charge in [0.1, 0.15) is 11.6 Å². The third kappa shape index (κ3) is 3.79. The average molecular weight is 420 g/mol. The maximum Gasteiger partial charge on any atom is 0.227 e. The predicted octanol–water partition coefficient (Wildman–Crippen LogP) is 3.38. The molecule has 2 bridgehead atoms. The van der Waals surface area contributed by atoms with Crippen LogP contribution in [0.2, 0.25) is 0 Å². The Kier molecular flexibility index (Phi) is 4.94. The number of nitrogens with one attached hydrogen (secondary N) is 1. The van der Waals surface area contributed by atoms with Gasteiger partial charge in [-0.15, -0.1) is 0 Å². The van der Waals surface area contributed by atoms with E-state index in [-0.39, 0.29) is 5.82 Å². The maximum absolute atomic E-state index is 14.9. The number of halogens is 1. The van der Waals surface area contributed by atoms with Crippen molar-refractivity contribution in [2.75, 3.05) is 49.3 Å². The molecule has 0 amide bonds. The van der Waals surface area contributed by atoms with Gasteiger partial charge in [0.15, 0.2) is 0 Å². The largest absolute Gasteiger partial charge is 0.363 e. The number of fused-ring (bicyclic) bond motifs is 2. The molecule has 4 heterocycles. The van der Waals surface area contributed by atoms with Crippen LogP contribution in [0, 0.1) is 5.82 Å². The molecule has 2 atom stereocenters. The number of likely N-dealkylation sites (tertiary alicyclic amines) is 1. The molecular weight excluding hydrogens is 393 g/mol. The molecule has 2 aliphatic heterocycles. The number of rotatable bonds is 5. The maximum atomic E-state index is 14.9. The Morgan fingerprint density at radius 2 is 1.94 bits per heavy atom. The standard InChI is InChI=1S/C23H26FN7/c1-29(2)22-7-4-15(12-26-22)20-8-9-25-23(28-20)27-16-5-6-21(19(24)10-16)31-14-17-11-18(31)13-30(17)3/h4-10,12,17-18H,11,13-14H2,1-3H3,(H,25,27,28)/t17-,18-/m0/s1. The first-order chi connectivity index (χ1) is 15.0. The molecule has 1 aromatic carbocycles. The highest BCUT2D eigenvalue weighted by Gasteiger charge is 2.42. The number of aromatic nitrogens is 3. The highest BCUT2D eigenvalue weighted by molar-refractivity contribution is 5.64. The molecule has 1 N–H and O–H groups in total. The van der Waals surface area contributed by atoms with E-state index < -0.39 is 0 Å². The van der Waals surface area contributed by atoms with Crippen LogP contribution in [0.25, 0.3) is 11.3 Å². The average Bonchev–Trinajstić information content (AvgIpc) is 3.34. The van der Waals surface area contributed by atoms with E-state index in [1.165, 1.54) is 6.07 Å². The van der Waals surface area contributed by atoms with Crippen LogP contribution in [0.5, 0.6) is 0 Å². The van der Waals surface area contributed by atoms with Crippen molar-refractivity contribution in [2.24, 2.45) is 0 Å². The van der Waals surface area contributed by atoms with Gasteiger partial charge < -0.3 is 15.1 Å². The van der Waals surface area contributed by atoms with Crippen LogP contribution in [0.1, 0.15) is 6.42 Å². The fraction of sp³-hybridized carbons (Fsp3) is 0.348. The Morgan fingerprint density at radius 1 is 1.06 bits per heavy atom. The number of piperazine rings is 1. The second-order valence-electron chi connectivity index (χ2n) is 8.49. The van der Waals surface area contributed by atoms with Gasteiger partial charge in [-0.3, -0.25) is 4.90 Å². The van der Waals surface area contributed by atoms with Gasteiger partial charge in [0.2, 0.25) is 5.95 Å². The first-order valence-electron chi connectivity index (χ1n) is 10.5. The lowest BCUT2D eigenvalue weighted by Gasteiger charge is -2.33. The van der Waals surface area contributed by atoms with E-state index in [0.717, 1.165) is 36.6 Å². The third-order valence-corrected chi connectivity index (χ3v) is 6.19. The number of nitrogens with zero attached hydrogens (tertiary/aromatic N) is 6. The molecule has 0 spiro atoms. The molecule has 3 aromatic rings. The summed E-state index contributed by atoms with van der Waals surface area (Å²) in [5.41, 5.74) is 2.95. The minimum absolute atomic E-state index is 0.222. The molecule has 0 aliphatic carbocycles. The van der Waals surface area contributed by atoms with Gasteiger partial charge in [-0.05, 0) is 49.9 Å². The number of pyridine rings is 1. The Bertz CT molecular complexity index is 1080. The van der Waals surface area contributed by atoms with Crippen molar-refractivity contribution in [3.63, 3.8) is 0 Å². The summed E-state index contributed by atoms with van der Waals surface area (Å²) >= 11 is 0. The fourth-order valence-corrected chi connectivity index (χ4v) is 4.49. The molecule has 5 rings (SSSR count). The van der Waals surface area contributed by atoms with E-state index in [2.05, 4.69) is 37.1 Å². The first kappa shape index (κ1) is 19.7. The minimum Gasteiger partial charge on any atom is -0.363 e. The molecule has 2 saturated heterocycles. The van der Waals surface area contributed by atoms with Crippen molar-refractivity contribution < 1.29 is 4.39 Å². The van der Waals surface area contributed by atoms with E-state index in [1.807, 2.05) is 49.3 Å². The fourth-order valence-electron chi connectivity index (χ4n) is 4.49. The van der Waals surface area contributed by atoms with E-state index >= 15 is 0 Å². The quantitative estimate of drug-likeness (QED) is 0.680. The molecule has 2 aromatic heterocycles. The van der Waals surface area contributed by atoms with Crippen molar-refractivity contribution in [1.82, 2.24) is 19.9 Å². The zero-order chi connectivity index (χ0) is 21.5. The lowest BCUT2D eigenvalue weighted by Crippen LogP contribution is -2.44. The molecule has 2 aliphatic rings. The van der Waals surface area contributed by atoms with Crippen LogP contribution < -0.4 is 15.1 Å². The Hall–Kier alpha value is -3.26. The summed E-state index contributed by atoms with van der Waals surface area (Å²) in [5, 5.41) is 3.13. The van der Waals surface area contributed by atoms with Crippen LogP contribution in [-0.2, 0) is 0 Å². The summed E-state index contributed by atoms with van der Waals surface area (Å²) in [6.07, 6.45) is 4.59. The zero-order valence-electron chi connectivity index (χ0n) is 18.0. The van der Waals surface area contributed by atoms with Gasteiger partial charge in [0.05, 0.1) is 11.4 Å². The second-order valence-corrected chi connectivity index (χ2v) is 8.49. The summed E-state index contributed by atoms with van der Waals surface area (Å²) in [6.45, 7) is 1.88. The van der Waals surface area contributed by atoms with E-state index in [9.17, 15) is 4.39 Å². The molecule has 0 radical (unpaired) electrons. The number of benzene rings is 1. The Labute approximate surface area is 181 Å². The topological polar surface area (TPSA) is 60.4 Å². The van der Waals surface area contributed by atoms with Crippen molar-refractivity contribution in [3.8, 4) is 11.3 Å².